The van der Waals surface area contributed by atoms with Crippen LogP contribution in [0.4, 0.5) is 16.3 Å². The molecule has 0 saturated carbocycles. The Hall–Kier alpha value is -3.66. The lowest BCUT2D eigenvalue weighted by atomic mass is 9.90. The molecule has 4 aromatic rings. The third kappa shape index (κ3) is 7.29. The molecule has 5 rings (SSSR count). The topological polar surface area (TPSA) is 96.3 Å². The molecule has 0 radical (unpaired) electrons. The van der Waals surface area contributed by atoms with Gasteiger partial charge in [-0.3, -0.25) is 5.32 Å². The van der Waals surface area contributed by atoms with E-state index in [0.717, 1.165) is 47.5 Å². The predicted molar refractivity (Wildman–Crippen MR) is 173 cm³/mol. The lowest BCUT2D eigenvalue weighted by Gasteiger charge is -2.31. The lowest BCUT2D eigenvalue weighted by Crippen LogP contribution is -2.38. The van der Waals surface area contributed by atoms with Gasteiger partial charge in [0.15, 0.2) is 0 Å². The molecule has 43 heavy (non-hydrogen) atoms. The molecule has 1 saturated heterocycles. The third-order valence-corrected chi connectivity index (χ3v) is 9.96. The number of nitrogens with zero attached hydrogens (tertiary/aromatic N) is 3. The van der Waals surface area contributed by atoms with Crippen molar-refractivity contribution in [2.45, 2.75) is 57.3 Å². The van der Waals surface area contributed by atoms with Crippen LogP contribution in [0, 0.1) is 12.8 Å². The summed E-state index contributed by atoms with van der Waals surface area (Å²) in [6, 6.07) is 23.6. The van der Waals surface area contributed by atoms with E-state index < -0.39 is 10.0 Å². The Bertz CT molecular complexity index is 1690. The van der Waals surface area contributed by atoms with Crippen LogP contribution in [0.25, 0.3) is 5.69 Å². The highest BCUT2D eigenvalue weighted by Gasteiger charge is 2.30. The number of benzene rings is 3. The number of anilines is 2. The van der Waals surface area contributed by atoms with Crippen LogP contribution in [0.2, 0.25) is 5.02 Å². The molecule has 10 heteroatoms. The fourth-order valence-electron chi connectivity index (χ4n) is 5.23. The number of rotatable bonds is 7. The monoisotopic (exact) mass is 619 g/mol. The average Bonchev–Trinajstić information content (AvgIpc) is 3.39. The number of hydrogen-bond donors (Lipinski definition) is 2. The molecule has 2 N–H and O–H groups in total. The van der Waals surface area contributed by atoms with Crippen LogP contribution < -0.4 is 10.6 Å². The third-order valence-electron chi connectivity index (χ3n) is 7.80. The molecular formula is C33H38ClN5O3S. The molecule has 8 nitrogen and oxygen atoms in total. The van der Waals surface area contributed by atoms with Gasteiger partial charge in [-0.2, -0.15) is 9.40 Å². The van der Waals surface area contributed by atoms with E-state index in [2.05, 4.69) is 31.4 Å². The highest BCUT2D eigenvalue weighted by Crippen LogP contribution is 2.30. The molecule has 0 aliphatic carbocycles. The van der Waals surface area contributed by atoms with Crippen LogP contribution in [0.15, 0.2) is 83.8 Å². The van der Waals surface area contributed by atoms with Crippen molar-refractivity contribution in [1.29, 1.82) is 0 Å². The van der Waals surface area contributed by atoms with E-state index in [1.807, 2.05) is 61.5 Å². The number of carbonyl (C=O) groups is 1. The summed E-state index contributed by atoms with van der Waals surface area (Å²) < 4.78 is 29.5. The predicted octanol–water partition coefficient (Wildman–Crippen LogP) is 7.42. The minimum Gasteiger partial charge on any atom is -0.307 e. The minimum atomic E-state index is -3.56. The molecule has 1 aliphatic rings. The van der Waals surface area contributed by atoms with Crippen molar-refractivity contribution in [3.05, 3.63) is 101 Å². The van der Waals surface area contributed by atoms with E-state index in [4.69, 9.17) is 16.7 Å². The molecule has 0 unspecified atom stereocenters. The van der Waals surface area contributed by atoms with Crippen molar-refractivity contribution in [1.82, 2.24) is 14.1 Å². The number of halogens is 1. The van der Waals surface area contributed by atoms with Gasteiger partial charge in [0.05, 0.1) is 16.3 Å². The summed E-state index contributed by atoms with van der Waals surface area (Å²) in [7, 11) is -3.56. The number of aromatic nitrogens is 2. The van der Waals surface area contributed by atoms with Crippen molar-refractivity contribution < 1.29 is 13.2 Å². The highest BCUT2D eigenvalue weighted by atomic mass is 35.5. The first-order valence-electron chi connectivity index (χ1n) is 14.5. The Morgan fingerprint density at radius 3 is 2.26 bits per heavy atom. The number of aryl methyl sites for hydroxylation is 1. The van der Waals surface area contributed by atoms with Gasteiger partial charge in [0.25, 0.3) is 0 Å². The van der Waals surface area contributed by atoms with Crippen LogP contribution in [0.1, 0.15) is 50.4 Å². The number of carbonyl (C=O) groups excluding carboxylic acids is 1. The van der Waals surface area contributed by atoms with Crippen molar-refractivity contribution in [3.8, 4) is 5.69 Å². The Morgan fingerprint density at radius 1 is 0.953 bits per heavy atom. The molecule has 2 amide bonds. The van der Waals surface area contributed by atoms with E-state index >= 15 is 0 Å². The maximum absolute atomic E-state index is 13.3. The summed E-state index contributed by atoms with van der Waals surface area (Å²) >= 11 is 5.94. The molecule has 226 valence electrons. The fourth-order valence-corrected chi connectivity index (χ4v) is 6.83. The molecule has 1 aliphatic heterocycles. The van der Waals surface area contributed by atoms with Crippen LogP contribution in [0.5, 0.6) is 0 Å². The average molecular weight is 620 g/mol. The zero-order valence-corrected chi connectivity index (χ0v) is 26.5. The lowest BCUT2D eigenvalue weighted by molar-refractivity contribution is 0.261. The van der Waals surface area contributed by atoms with Crippen molar-refractivity contribution in [2.75, 3.05) is 23.7 Å². The standard InChI is InChI=1S/C33H38ClN5O3S/c1-23-9-13-27(14-10-23)39-31(22-30(37-39)33(2,3)4)36-32(40)35-29-8-6-5-7-25(29)21-24-17-19-38(20-18-24)43(41,42)28-15-11-26(34)12-16-28/h5-16,22,24H,17-21H2,1-4H3,(H2,35,36,40). The van der Waals surface area contributed by atoms with E-state index in [-0.39, 0.29) is 16.3 Å². The van der Waals surface area contributed by atoms with E-state index in [1.54, 1.807) is 33.3 Å². The Labute approximate surface area is 259 Å². The van der Waals surface area contributed by atoms with Gasteiger partial charge < -0.3 is 5.32 Å². The Kier molecular flexibility index (Phi) is 8.96. The van der Waals surface area contributed by atoms with Gasteiger partial charge in [-0.25, -0.2) is 17.9 Å². The molecule has 0 spiro atoms. The zero-order chi connectivity index (χ0) is 30.8. The van der Waals surface area contributed by atoms with Gasteiger partial charge in [0.2, 0.25) is 10.0 Å². The first kappa shape index (κ1) is 30.8. The number of sulfonamides is 1. The minimum absolute atomic E-state index is 0.195. The van der Waals surface area contributed by atoms with E-state index in [9.17, 15) is 13.2 Å². The van der Waals surface area contributed by atoms with Gasteiger partial charge in [-0.15, -0.1) is 0 Å². The number of amides is 2. The number of piperidine rings is 1. The van der Waals surface area contributed by atoms with Crippen molar-refractivity contribution >= 4 is 39.2 Å². The van der Waals surface area contributed by atoms with E-state index in [1.165, 1.54) is 0 Å². The van der Waals surface area contributed by atoms with Gasteiger partial charge >= 0.3 is 6.03 Å². The smallest absolute Gasteiger partial charge is 0.307 e. The van der Waals surface area contributed by atoms with Gasteiger partial charge in [0.1, 0.15) is 5.82 Å². The number of hydrogen-bond acceptors (Lipinski definition) is 4. The summed E-state index contributed by atoms with van der Waals surface area (Å²) in [5, 5.41) is 11.4. The van der Waals surface area contributed by atoms with Crippen molar-refractivity contribution in [2.24, 2.45) is 5.92 Å². The number of urea groups is 1. The number of para-hydroxylation sites is 1. The second kappa shape index (κ2) is 12.5. The first-order chi connectivity index (χ1) is 20.4. The van der Waals surface area contributed by atoms with Gasteiger partial charge in [-0.1, -0.05) is 68.3 Å². The molecular weight excluding hydrogens is 582 g/mol. The fraction of sp³-hybridized carbons (Fsp3) is 0.333. The largest absolute Gasteiger partial charge is 0.324 e. The molecule has 0 atom stereocenters. The van der Waals surface area contributed by atoms with Crippen LogP contribution >= 0.6 is 11.6 Å². The molecule has 1 aromatic heterocycles. The second-order valence-electron chi connectivity index (χ2n) is 12.2. The summed E-state index contributed by atoms with van der Waals surface area (Å²) in [5.74, 6) is 0.873. The van der Waals surface area contributed by atoms with Gasteiger partial charge in [-0.05, 0) is 80.1 Å². The van der Waals surface area contributed by atoms with E-state index in [0.29, 0.717) is 29.8 Å². The summed E-state index contributed by atoms with van der Waals surface area (Å²) in [4.78, 5) is 13.5. The van der Waals surface area contributed by atoms with Crippen LogP contribution in [-0.4, -0.2) is 41.6 Å². The Morgan fingerprint density at radius 2 is 1.60 bits per heavy atom. The molecule has 2 heterocycles. The maximum Gasteiger partial charge on any atom is 0.324 e. The Balaban J connectivity index is 1.25. The van der Waals surface area contributed by atoms with Crippen LogP contribution in [0.3, 0.4) is 0 Å². The molecule has 1 fully saturated rings. The summed E-state index contributed by atoms with van der Waals surface area (Å²) in [6.45, 7) is 9.20. The number of nitrogens with one attached hydrogen (secondary N) is 2. The normalized spacial score (nSPS) is 14.9. The summed E-state index contributed by atoms with van der Waals surface area (Å²) in [6.07, 6.45) is 2.21. The molecule has 3 aromatic carbocycles. The van der Waals surface area contributed by atoms with Crippen molar-refractivity contribution in [3.63, 3.8) is 0 Å². The van der Waals surface area contributed by atoms with Crippen LogP contribution in [-0.2, 0) is 21.9 Å². The zero-order valence-electron chi connectivity index (χ0n) is 25.0. The van der Waals surface area contributed by atoms with Gasteiger partial charge in [0, 0.05) is 35.3 Å². The second-order valence-corrected chi connectivity index (χ2v) is 14.5. The maximum atomic E-state index is 13.3. The first-order valence-corrected chi connectivity index (χ1v) is 16.3. The SMILES string of the molecule is Cc1ccc(-n2nc(C(C)(C)C)cc2NC(=O)Nc2ccccc2CC2CCN(S(=O)(=O)c3ccc(Cl)cc3)CC2)cc1. The quantitative estimate of drug-likeness (QED) is 0.225. The summed E-state index contributed by atoms with van der Waals surface area (Å²) in [5.41, 5.74) is 4.42. The highest BCUT2D eigenvalue weighted by molar-refractivity contribution is 7.89. The molecule has 0 bridgehead atoms.